The molecule has 1 aromatic heterocycles. The van der Waals surface area contributed by atoms with E-state index in [0.717, 1.165) is 12.3 Å². The van der Waals surface area contributed by atoms with Crippen LogP contribution >= 0.6 is 0 Å². The Morgan fingerprint density at radius 1 is 1.33 bits per heavy atom. The predicted molar refractivity (Wildman–Crippen MR) is 62.2 cm³/mol. The zero-order valence-electron chi connectivity index (χ0n) is 9.00. The van der Waals surface area contributed by atoms with Gasteiger partial charge in [-0.05, 0) is 18.2 Å². The Morgan fingerprint density at radius 2 is 2.11 bits per heavy atom. The van der Waals surface area contributed by atoms with Crippen molar-refractivity contribution in [2.24, 2.45) is 0 Å². The standard InChI is InChI=1S/C11H8FN3O3/c12-8-5-7(16)1-2-9(8)14-10-3-4-13-6-11(10)15(17)18/h1-6,16H,(H,13,14). The van der Waals surface area contributed by atoms with Crippen molar-refractivity contribution in [1.82, 2.24) is 4.98 Å². The van der Waals surface area contributed by atoms with Crippen LogP contribution in [-0.4, -0.2) is 15.0 Å². The number of rotatable bonds is 3. The second-order valence-electron chi connectivity index (χ2n) is 3.44. The van der Waals surface area contributed by atoms with E-state index in [4.69, 9.17) is 5.11 Å². The summed E-state index contributed by atoms with van der Waals surface area (Å²) in [4.78, 5) is 13.8. The molecule has 1 heterocycles. The molecule has 0 unspecified atom stereocenters. The van der Waals surface area contributed by atoms with E-state index in [1.807, 2.05) is 0 Å². The van der Waals surface area contributed by atoms with Gasteiger partial charge in [0.1, 0.15) is 23.5 Å². The Kier molecular flexibility index (Phi) is 3.05. The number of aromatic nitrogens is 1. The molecule has 6 nitrogen and oxygen atoms in total. The highest BCUT2D eigenvalue weighted by atomic mass is 19.1. The zero-order chi connectivity index (χ0) is 13.1. The number of hydrogen-bond acceptors (Lipinski definition) is 5. The van der Waals surface area contributed by atoms with Gasteiger partial charge in [-0.15, -0.1) is 0 Å². The molecular weight excluding hydrogens is 241 g/mol. The van der Waals surface area contributed by atoms with Crippen LogP contribution < -0.4 is 5.32 Å². The molecule has 2 rings (SSSR count). The van der Waals surface area contributed by atoms with Gasteiger partial charge >= 0.3 is 5.69 Å². The van der Waals surface area contributed by atoms with E-state index < -0.39 is 10.7 Å². The molecule has 0 saturated heterocycles. The molecule has 2 N–H and O–H groups in total. The molecule has 0 fully saturated rings. The lowest BCUT2D eigenvalue weighted by Gasteiger charge is -2.07. The summed E-state index contributed by atoms with van der Waals surface area (Å²) < 4.78 is 13.5. The number of halogens is 1. The van der Waals surface area contributed by atoms with Crippen molar-refractivity contribution >= 4 is 17.1 Å². The lowest BCUT2D eigenvalue weighted by atomic mass is 10.2. The molecule has 0 aliphatic rings. The van der Waals surface area contributed by atoms with Crippen LogP contribution in [0, 0.1) is 15.9 Å². The number of anilines is 2. The third-order valence-corrected chi connectivity index (χ3v) is 2.22. The predicted octanol–water partition coefficient (Wildman–Crippen LogP) is 2.58. The van der Waals surface area contributed by atoms with Gasteiger partial charge in [-0.25, -0.2) is 4.39 Å². The number of phenols is 1. The first-order valence-electron chi connectivity index (χ1n) is 4.92. The summed E-state index contributed by atoms with van der Waals surface area (Å²) in [5.41, 5.74) is -0.105. The Bertz CT molecular complexity index is 604. The number of nitrogens with one attached hydrogen (secondary N) is 1. The molecule has 0 spiro atoms. The van der Waals surface area contributed by atoms with E-state index in [2.05, 4.69) is 10.3 Å². The topological polar surface area (TPSA) is 88.3 Å². The number of benzene rings is 1. The van der Waals surface area contributed by atoms with Crippen LogP contribution in [0.25, 0.3) is 0 Å². The normalized spacial score (nSPS) is 10.1. The van der Waals surface area contributed by atoms with Crippen molar-refractivity contribution in [3.63, 3.8) is 0 Å². The number of aromatic hydroxyl groups is 1. The molecule has 18 heavy (non-hydrogen) atoms. The average Bonchev–Trinajstić information content (AvgIpc) is 2.33. The summed E-state index contributed by atoms with van der Waals surface area (Å²) in [5, 5.41) is 22.4. The highest BCUT2D eigenvalue weighted by molar-refractivity contribution is 5.69. The second kappa shape index (κ2) is 4.66. The van der Waals surface area contributed by atoms with Gasteiger partial charge in [0.05, 0.1) is 10.6 Å². The van der Waals surface area contributed by atoms with Crippen molar-refractivity contribution in [3.05, 3.63) is 52.6 Å². The first-order chi connectivity index (χ1) is 8.58. The summed E-state index contributed by atoms with van der Waals surface area (Å²) in [5.74, 6) is -0.927. The SMILES string of the molecule is O=[N+]([O-])c1cnccc1Nc1ccc(O)cc1F. The molecule has 1 aromatic carbocycles. The first kappa shape index (κ1) is 11.8. The molecule has 0 bridgehead atoms. The van der Waals surface area contributed by atoms with Crippen molar-refractivity contribution < 1.29 is 14.4 Å². The summed E-state index contributed by atoms with van der Waals surface area (Å²) >= 11 is 0. The van der Waals surface area contributed by atoms with Gasteiger partial charge in [-0.1, -0.05) is 0 Å². The lowest BCUT2D eigenvalue weighted by molar-refractivity contribution is -0.384. The van der Waals surface area contributed by atoms with Crippen LogP contribution in [0.5, 0.6) is 5.75 Å². The Balaban J connectivity index is 2.37. The zero-order valence-corrected chi connectivity index (χ0v) is 9.00. The Morgan fingerprint density at radius 3 is 2.78 bits per heavy atom. The lowest BCUT2D eigenvalue weighted by Crippen LogP contribution is -1.99. The Labute approximate surface area is 101 Å². The van der Waals surface area contributed by atoms with E-state index in [0.29, 0.717) is 0 Å². The number of nitrogens with zero attached hydrogens (tertiary/aromatic N) is 2. The smallest absolute Gasteiger partial charge is 0.310 e. The van der Waals surface area contributed by atoms with Crippen LogP contribution in [0.15, 0.2) is 36.7 Å². The minimum atomic E-state index is -0.707. The fraction of sp³-hybridized carbons (Fsp3) is 0. The number of hydrogen-bond donors (Lipinski definition) is 2. The van der Waals surface area contributed by atoms with Crippen molar-refractivity contribution in [3.8, 4) is 5.75 Å². The highest BCUT2D eigenvalue weighted by Crippen LogP contribution is 2.28. The minimum Gasteiger partial charge on any atom is -0.508 e. The van der Waals surface area contributed by atoms with Crippen LogP contribution in [0.4, 0.5) is 21.5 Å². The maximum atomic E-state index is 13.5. The van der Waals surface area contributed by atoms with Gasteiger partial charge in [0.25, 0.3) is 0 Å². The fourth-order valence-electron chi connectivity index (χ4n) is 1.39. The summed E-state index contributed by atoms with van der Waals surface area (Å²) in [7, 11) is 0. The van der Waals surface area contributed by atoms with Gasteiger partial charge in [0, 0.05) is 12.3 Å². The maximum Gasteiger partial charge on any atom is 0.310 e. The van der Waals surface area contributed by atoms with Crippen LogP contribution in [0.2, 0.25) is 0 Å². The monoisotopic (exact) mass is 249 g/mol. The molecule has 2 aromatic rings. The first-order valence-corrected chi connectivity index (χ1v) is 4.92. The number of pyridine rings is 1. The molecule has 0 radical (unpaired) electrons. The van der Waals surface area contributed by atoms with Gasteiger partial charge < -0.3 is 10.4 Å². The van der Waals surface area contributed by atoms with Crippen LogP contribution in [0.1, 0.15) is 0 Å². The van der Waals surface area contributed by atoms with Crippen LogP contribution in [0.3, 0.4) is 0 Å². The second-order valence-corrected chi connectivity index (χ2v) is 3.44. The van der Waals surface area contributed by atoms with E-state index >= 15 is 0 Å². The third kappa shape index (κ3) is 2.34. The van der Waals surface area contributed by atoms with E-state index in [1.54, 1.807) is 0 Å². The minimum absolute atomic E-state index is 0.0297. The fourth-order valence-corrected chi connectivity index (χ4v) is 1.39. The summed E-state index contributed by atoms with van der Waals surface area (Å²) in [6.07, 6.45) is 2.42. The number of phenolic OH excluding ortho intramolecular Hbond substituents is 1. The van der Waals surface area contributed by atoms with Crippen molar-refractivity contribution in [2.45, 2.75) is 0 Å². The van der Waals surface area contributed by atoms with Crippen molar-refractivity contribution in [2.75, 3.05) is 5.32 Å². The molecule has 0 amide bonds. The van der Waals surface area contributed by atoms with E-state index in [1.165, 1.54) is 24.4 Å². The van der Waals surface area contributed by atoms with Crippen LogP contribution in [-0.2, 0) is 0 Å². The molecule has 0 aliphatic carbocycles. The average molecular weight is 249 g/mol. The third-order valence-electron chi connectivity index (χ3n) is 2.22. The Hall–Kier alpha value is -2.70. The molecular formula is C11H8FN3O3. The summed E-state index contributed by atoms with van der Waals surface area (Å²) in [6, 6.07) is 4.84. The van der Waals surface area contributed by atoms with Gasteiger partial charge in [-0.2, -0.15) is 0 Å². The quantitative estimate of drug-likeness (QED) is 0.495. The number of nitro groups is 1. The molecule has 7 heteroatoms. The molecule has 0 saturated carbocycles. The van der Waals surface area contributed by atoms with Crippen molar-refractivity contribution in [1.29, 1.82) is 0 Å². The van der Waals surface area contributed by atoms with Gasteiger partial charge in [-0.3, -0.25) is 15.1 Å². The molecule has 0 aliphatic heterocycles. The molecule has 92 valence electrons. The highest BCUT2D eigenvalue weighted by Gasteiger charge is 2.14. The van der Waals surface area contributed by atoms with E-state index in [-0.39, 0.29) is 22.8 Å². The van der Waals surface area contributed by atoms with Gasteiger partial charge in [0.15, 0.2) is 0 Å². The largest absolute Gasteiger partial charge is 0.508 e. The van der Waals surface area contributed by atoms with Gasteiger partial charge in [0.2, 0.25) is 0 Å². The molecule has 0 atom stereocenters. The summed E-state index contributed by atoms with van der Waals surface area (Å²) in [6.45, 7) is 0. The van der Waals surface area contributed by atoms with E-state index in [9.17, 15) is 14.5 Å². The maximum absolute atomic E-state index is 13.5.